The van der Waals surface area contributed by atoms with Gasteiger partial charge in [0.05, 0.1) is 5.69 Å². The van der Waals surface area contributed by atoms with Gasteiger partial charge < -0.3 is 10.5 Å². The molecule has 1 aromatic carbocycles. The van der Waals surface area contributed by atoms with E-state index in [0.717, 1.165) is 18.2 Å². The molecule has 2 aromatic heterocycles. The van der Waals surface area contributed by atoms with E-state index in [1.54, 1.807) is 12.1 Å². The van der Waals surface area contributed by atoms with Crippen molar-refractivity contribution in [2.24, 2.45) is 0 Å². The third-order valence-electron chi connectivity index (χ3n) is 2.65. The smallest absolute Gasteiger partial charge is 0.321 e. The first kappa shape index (κ1) is 13.8. The predicted molar refractivity (Wildman–Crippen MR) is 73.9 cm³/mol. The van der Waals surface area contributed by atoms with Crippen molar-refractivity contribution in [3.8, 4) is 23.0 Å². The summed E-state index contributed by atoms with van der Waals surface area (Å²) in [7, 11) is 0. The number of halogens is 2. The molecule has 0 unspecified atom stereocenters. The number of hydrogen-bond acceptors (Lipinski definition) is 6. The number of nitrogens with zero attached hydrogens (tertiary/aromatic N) is 4. The van der Waals surface area contributed by atoms with Gasteiger partial charge in [0, 0.05) is 36.2 Å². The zero-order valence-electron chi connectivity index (χ0n) is 11.1. The van der Waals surface area contributed by atoms with Crippen LogP contribution in [0.4, 0.5) is 14.6 Å². The van der Waals surface area contributed by atoms with Gasteiger partial charge in [-0.3, -0.25) is 0 Å². The quantitative estimate of drug-likeness (QED) is 0.800. The van der Waals surface area contributed by atoms with Crippen LogP contribution in [0.1, 0.15) is 0 Å². The summed E-state index contributed by atoms with van der Waals surface area (Å²) in [6.07, 6.45) is 2.91. The minimum atomic E-state index is -0.747. The van der Waals surface area contributed by atoms with Gasteiger partial charge in [-0.05, 0) is 12.1 Å². The van der Waals surface area contributed by atoms with Crippen molar-refractivity contribution >= 4 is 5.82 Å². The Morgan fingerprint density at radius 1 is 0.909 bits per heavy atom. The number of ether oxygens (including phenoxy) is 1. The van der Waals surface area contributed by atoms with Gasteiger partial charge in [-0.25, -0.2) is 18.7 Å². The Hall–Kier alpha value is -3.16. The maximum atomic E-state index is 13.1. The van der Waals surface area contributed by atoms with Crippen molar-refractivity contribution in [1.82, 2.24) is 20.2 Å². The van der Waals surface area contributed by atoms with Crippen molar-refractivity contribution in [1.29, 1.82) is 0 Å². The van der Waals surface area contributed by atoms with Crippen molar-refractivity contribution in [3.05, 3.63) is 54.4 Å². The third kappa shape index (κ3) is 3.11. The molecule has 3 rings (SSSR count). The minimum Gasteiger partial charge on any atom is -0.424 e. The number of rotatable bonds is 3. The van der Waals surface area contributed by atoms with Crippen LogP contribution in [0.15, 0.2) is 42.7 Å². The molecule has 0 radical (unpaired) electrons. The molecule has 0 spiro atoms. The summed E-state index contributed by atoms with van der Waals surface area (Å²) in [5.41, 5.74) is 6.59. The van der Waals surface area contributed by atoms with E-state index in [4.69, 9.17) is 10.5 Å². The van der Waals surface area contributed by atoms with E-state index in [1.807, 2.05) is 0 Å². The largest absolute Gasteiger partial charge is 0.424 e. The molecule has 6 nitrogen and oxygen atoms in total. The van der Waals surface area contributed by atoms with E-state index >= 15 is 0 Å². The van der Waals surface area contributed by atoms with E-state index in [9.17, 15) is 8.78 Å². The van der Waals surface area contributed by atoms with Crippen molar-refractivity contribution < 1.29 is 13.5 Å². The van der Waals surface area contributed by atoms with Gasteiger partial charge in [-0.2, -0.15) is 0 Å². The first-order valence-corrected chi connectivity index (χ1v) is 6.16. The van der Waals surface area contributed by atoms with Gasteiger partial charge in [0.15, 0.2) is 0 Å². The summed E-state index contributed by atoms with van der Waals surface area (Å²) >= 11 is 0. The highest BCUT2D eigenvalue weighted by atomic mass is 19.1. The first-order chi connectivity index (χ1) is 10.6. The van der Waals surface area contributed by atoms with Crippen LogP contribution in [-0.2, 0) is 0 Å². The van der Waals surface area contributed by atoms with E-state index in [-0.39, 0.29) is 11.8 Å². The second kappa shape index (κ2) is 5.68. The molecule has 8 heteroatoms. The van der Waals surface area contributed by atoms with Crippen LogP contribution >= 0.6 is 0 Å². The van der Waals surface area contributed by atoms with Crippen molar-refractivity contribution in [3.63, 3.8) is 0 Å². The van der Waals surface area contributed by atoms with E-state index in [2.05, 4.69) is 20.2 Å². The molecule has 0 saturated carbocycles. The van der Waals surface area contributed by atoms with Gasteiger partial charge >= 0.3 is 6.01 Å². The van der Waals surface area contributed by atoms with Crippen LogP contribution in [0.5, 0.6) is 11.8 Å². The molecule has 0 bridgehead atoms. The van der Waals surface area contributed by atoms with Crippen LogP contribution in [0.2, 0.25) is 0 Å². The van der Waals surface area contributed by atoms with Gasteiger partial charge in [0.1, 0.15) is 23.2 Å². The Balaban J connectivity index is 1.80. The zero-order chi connectivity index (χ0) is 15.5. The zero-order valence-corrected chi connectivity index (χ0v) is 11.1. The second-order valence-electron chi connectivity index (χ2n) is 4.30. The molecule has 0 atom stereocenters. The lowest BCUT2D eigenvalue weighted by atomic mass is 10.2. The lowest BCUT2D eigenvalue weighted by molar-refractivity contribution is 0.432. The van der Waals surface area contributed by atoms with Crippen molar-refractivity contribution in [2.75, 3.05) is 5.73 Å². The van der Waals surface area contributed by atoms with Crippen molar-refractivity contribution in [2.45, 2.75) is 0 Å². The fourth-order valence-corrected chi connectivity index (χ4v) is 1.69. The molecule has 0 aliphatic heterocycles. The highest BCUT2D eigenvalue weighted by molar-refractivity contribution is 5.56. The van der Waals surface area contributed by atoms with Gasteiger partial charge in [-0.1, -0.05) is 0 Å². The highest BCUT2D eigenvalue weighted by Gasteiger charge is 2.06. The number of hydrogen-bond donors (Lipinski definition) is 1. The summed E-state index contributed by atoms with van der Waals surface area (Å²) < 4.78 is 31.3. The number of anilines is 1. The molecule has 3 aromatic rings. The second-order valence-corrected chi connectivity index (χ2v) is 4.30. The van der Waals surface area contributed by atoms with Crippen LogP contribution in [0, 0.1) is 11.6 Å². The molecule has 0 aliphatic carbocycles. The van der Waals surface area contributed by atoms with E-state index < -0.39 is 11.6 Å². The summed E-state index contributed by atoms with van der Waals surface area (Å²) in [5.74, 6) is -1.22. The maximum Gasteiger partial charge on any atom is 0.321 e. The molecule has 2 heterocycles. The summed E-state index contributed by atoms with van der Waals surface area (Å²) in [6.45, 7) is 0. The van der Waals surface area contributed by atoms with Crippen LogP contribution in [-0.4, -0.2) is 20.2 Å². The normalized spacial score (nSPS) is 10.5. The monoisotopic (exact) mass is 301 g/mol. The Labute approximate surface area is 123 Å². The maximum absolute atomic E-state index is 13.1. The summed E-state index contributed by atoms with van der Waals surface area (Å²) in [6, 6.07) is 6.04. The minimum absolute atomic E-state index is 0.0301. The molecule has 110 valence electrons. The average Bonchev–Trinajstić information content (AvgIpc) is 2.48. The molecule has 0 amide bonds. The molecular formula is C14H9F2N5O. The molecule has 0 fully saturated rings. The topological polar surface area (TPSA) is 86.8 Å². The SMILES string of the molecule is Nc1ccc(-c2cnc(Oc3cc(F)cc(F)c3)nc2)nn1. The number of nitrogens with two attached hydrogens (primary N) is 1. The van der Waals surface area contributed by atoms with E-state index in [0.29, 0.717) is 17.1 Å². The van der Waals surface area contributed by atoms with E-state index in [1.165, 1.54) is 12.4 Å². The summed E-state index contributed by atoms with van der Waals surface area (Å²) in [5, 5.41) is 7.61. The Morgan fingerprint density at radius 3 is 2.18 bits per heavy atom. The fourth-order valence-electron chi connectivity index (χ4n) is 1.69. The number of benzene rings is 1. The third-order valence-corrected chi connectivity index (χ3v) is 2.65. The molecule has 0 saturated heterocycles. The number of aromatic nitrogens is 4. The van der Waals surface area contributed by atoms with Gasteiger partial charge in [0.2, 0.25) is 0 Å². The standard InChI is InChI=1S/C14H9F2N5O/c15-9-3-10(16)5-11(4-9)22-14-18-6-8(7-19-14)12-1-2-13(17)21-20-12/h1-7H,(H2,17,21). The average molecular weight is 301 g/mol. The van der Waals surface area contributed by atoms with Crippen LogP contribution in [0.3, 0.4) is 0 Å². The summed E-state index contributed by atoms with van der Waals surface area (Å²) in [4.78, 5) is 7.91. The fraction of sp³-hybridized carbons (Fsp3) is 0. The van der Waals surface area contributed by atoms with Gasteiger partial charge in [0.25, 0.3) is 0 Å². The Morgan fingerprint density at radius 2 is 1.59 bits per heavy atom. The number of nitrogen functional groups attached to an aromatic ring is 1. The Bertz CT molecular complexity index is 773. The predicted octanol–water partition coefficient (Wildman–Crippen LogP) is 2.59. The lowest BCUT2D eigenvalue weighted by Crippen LogP contribution is -1.96. The first-order valence-electron chi connectivity index (χ1n) is 6.16. The van der Waals surface area contributed by atoms with Gasteiger partial charge in [-0.15, -0.1) is 10.2 Å². The molecular weight excluding hydrogens is 292 g/mol. The lowest BCUT2D eigenvalue weighted by Gasteiger charge is -2.05. The molecule has 0 aliphatic rings. The van der Waals surface area contributed by atoms with Crippen LogP contribution < -0.4 is 10.5 Å². The highest BCUT2D eigenvalue weighted by Crippen LogP contribution is 2.21. The molecule has 2 N–H and O–H groups in total. The Kier molecular flexibility index (Phi) is 3.57. The van der Waals surface area contributed by atoms with Crippen LogP contribution in [0.25, 0.3) is 11.3 Å². The molecule has 22 heavy (non-hydrogen) atoms.